The minimum absolute atomic E-state index is 0. The predicted octanol–water partition coefficient (Wildman–Crippen LogP) is -1.84. The van der Waals surface area contributed by atoms with Crippen molar-refractivity contribution in [1.82, 2.24) is 0 Å². The van der Waals surface area contributed by atoms with E-state index >= 15 is 0 Å². The van der Waals surface area contributed by atoms with Crippen LogP contribution >= 0.6 is 0 Å². The van der Waals surface area contributed by atoms with Gasteiger partial charge in [-0.3, -0.25) is 0 Å². The zero-order valence-corrected chi connectivity index (χ0v) is 15.8. The summed E-state index contributed by atoms with van der Waals surface area (Å²) in [6, 6.07) is 0. The zero-order valence-electron chi connectivity index (χ0n) is 2.47. The Labute approximate surface area is 104 Å². The molecule has 0 aliphatic heterocycles. The average molecular weight is 545 g/mol. The first kappa shape index (κ1) is 39.3. The van der Waals surface area contributed by atoms with Gasteiger partial charge in [0.2, 0.25) is 0 Å². The van der Waals surface area contributed by atoms with Gasteiger partial charge in [0.15, 0.2) is 0 Å². The van der Waals surface area contributed by atoms with Gasteiger partial charge in [0.1, 0.15) is 0 Å². The van der Waals surface area contributed by atoms with Gasteiger partial charge in [-0.25, -0.2) is 0 Å². The second-order valence-corrected chi connectivity index (χ2v) is 0. The maximum absolute atomic E-state index is 0. The summed E-state index contributed by atoms with van der Waals surface area (Å²) in [6.45, 7) is 0. The van der Waals surface area contributed by atoms with Crippen LogP contribution < -0.4 is 0 Å². The summed E-state index contributed by atoms with van der Waals surface area (Å²) in [5.74, 6) is 0. The van der Waals surface area contributed by atoms with E-state index in [1.54, 1.807) is 0 Å². The van der Waals surface area contributed by atoms with Crippen LogP contribution in [0.2, 0.25) is 0 Å². The SMILES string of the molecule is [Ru].[Ru].[Ru].[SnH2].[SnH2]. The van der Waals surface area contributed by atoms with Gasteiger partial charge in [-0.05, 0) is 0 Å². The molecule has 0 spiro atoms. The quantitative estimate of drug-likeness (QED) is 0.315. The van der Waals surface area contributed by atoms with Gasteiger partial charge in [-0.15, -0.1) is 0 Å². The standard InChI is InChI=1S/3Ru.2Sn.4H. The number of rotatable bonds is 0. The van der Waals surface area contributed by atoms with Crippen LogP contribution in [0.25, 0.3) is 0 Å². The van der Waals surface area contributed by atoms with Crippen molar-refractivity contribution >= 4 is 47.8 Å². The molecular formula is H4Ru3Sn2. The first-order valence-electron chi connectivity index (χ1n) is 0. The van der Waals surface area contributed by atoms with E-state index in [1.807, 2.05) is 0 Å². The topological polar surface area (TPSA) is 0 Å². The molecule has 0 aromatic rings. The van der Waals surface area contributed by atoms with Crippen LogP contribution in [0.4, 0.5) is 0 Å². The fourth-order valence-corrected chi connectivity index (χ4v) is 0. The van der Waals surface area contributed by atoms with Crippen LogP contribution in [-0.4, -0.2) is 47.8 Å². The molecule has 0 unspecified atom stereocenters. The third-order valence-corrected chi connectivity index (χ3v) is 0. The molecule has 4 radical (unpaired) electrons. The van der Waals surface area contributed by atoms with Crippen molar-refractivity contribution in [2.75, 3.05) is 0 Å². The Morgan fingerprint density at radius 2 is 0.400 bits per heavy atom. The molecule has 0 saturated carbocycles. The summed E-state index contributed by atoms with van der Waals surface area (Å²) >= 11 is 0. The van der Waals surface area contributed by atoms with Crippen LogP contribution in [0.5, 0.6) is 0 Å². The maximum atomic E-state index is 0. The summed E-state index contributed by atoms with van der Waals surface area (Å²) < 4.78 is 0. The summed E-state index contributed by atoms with van der Waals surface area (Å²) in [4.78, 5) is 0. The predicted molar refractivity (Wildman–Crippen MR) is 17.1 cm³/mol. The fourth-order valence-electron chi connectivity index (χ4n) is 0. The van der Waals surface area contributed by atoms with E-state index in [0.29, 0.717) is 0 Å². The molecule has 0 N–H and O–H groups in total. The van der Waals surface area contributed by atoms with Crippen LogP contribution in [-0.2, 0) is 58.4 Å². The van der Waals surface area contributed by atoms with E-state index in [4.69, 9.17) is 0 Å². The average Bonchev–Trinajstić information content (AvgIpc) is 0. The number of hydrogen-bond acceptors (Lipinski definition) is 0. The van der Waals surface area contributed by atoms with E-state index in [9.17, 15) is 0 Å². The van der Waals surface area contributed by atoms with Gasteiger partial charge >= 0.3 is 47.8 Å². The summed E-state index contributed by atoms with van der Waals surface area (Å²) in [5, 5.41) is 0. The van der Waals surface area contributed by atoms with Gasteiger partial charge in [0, 0.05) is 58.4 Å². The third-order valence-electron chi connectivity index (χ3n) is 0. The van der Waals surface area contributed by atoms with Crippen molar-refractivity contribution in [2.45, 2.75) is 0 Å². The first-order chi connectivity index (χ1) is 0. The van der Waals surface area contributed by atoms with E-state index in [-0.39, 0.29) is 106 Å². The van der Waals surface area contributed by atoms with Gasteiger partial charge < -0.3 is 0 Å². The molecule has 0 aliphatic carbocycles. The molecule has 0 aromatic heterocycles. The summed E-state index contributed by atoms with van der Waals surface area (Å²) in [7, 11) is 0. The van der Waals surface area contributed by atoms with Crippen molar-refractivity contribution in [3.05, 3.63) is 0 Å². The van der Waals surface area contributed by atoms with E-state index in [2.05, 4.69) is 0 Å². The molecule has 0 rings (SSSR count). The third kappa shape index (κ3) is 18.6. The molecule has 0 aromatic carbocycles. The Hall–Kier alpha value is 3.47. The van der Waals surface area contributed by atoms with Crippen molar-refractivity contribution in [3.8, 4) is 0 Å². The van der Waals surface area contributed by atoms with Crippen molar-refractivity contribution in [1.29, 1.82) is 0 Å². The second kappa shape index (κ2) is 26.0. The van der Waals surface area contributed by atoms with Gasteiger partial charge in [-0.1, -0.05) is 0 Å². The molecule has 0 bridgehead atoms. The molecular weight excluding hydrogens is 541 g/mol. The number of hydrogen-bond donors (Lipinski definition) is 0. The zero-order chi connectivity index (χ0) is 0. The van der Waals surface area contributed by atoms with Crippen molar-refractivity contribution in [3.63, 3.8) is 0 Å². The monoisotopic (exact) mass is 550 g/mol. The van der Waals surface area contributed by atoms with E-state index < -0.39 is 0 Å². The van der Waals surface area contributed by atoms with Crippen LogP contribution in [0.15, 0.2) is 0 Å². The Bertz CT molecular complexity index is 4.85. The van der Waals surface area contributed by atoms with Crippen LogP contribution in [0.1, 0.15) is 0 Å². The van der Waals surface area contributed by atoms with E-state index in [0.717, 1.165) is 0 Å². The van der Waals surface area contributed by atoms with Crippen LogP contribution in [0, 0.1) is 0 Å². The normalized spacial score (nSPS) is 0. The molecule has 0 amide bonds. The Balaban J connectivity index is 0. The second-order valence-electron chi connectivity index (χ2n) is 0. The van der Waals surface area contributed by atoms with Crippen molar-refractivity contribution < 1.29 is 58.4 Å². The van der Waals surface area contributed by atoms with Crippen molar-refractivity contribution in [2.24, 2.45) is 0 Å². The molecule has 0 heterocycles. The fraction of sp³-hybridized carbons (Fsp3) is 0. The molecule has 36 valence electrons. The molecule has 0 saturated heterocycles. The first-order valence-corrected chi connectivity index (χ1v) is 0. The Kier molecular flexibility index (Phi) is 204. The minimum atomic E-state index is 0. The van der Waals surface area contributed by atoms with Gasteiger partial charge in [-0.2, -0.15) is 0 Å². The molecule has 0 aliphatic rings. The molecule has 0 atom stereocenters. The van der Waals surface area contributed by atoms with Crippen LogP contribution in [0.3, 0.4) is 0 Å². The summed E-state index contributed by atoms with van der Waals surface area (Å²) in [6.07, 6.45) is 0. The van der Waals surface area contributed by atoms with E-state index in [1.165, 1.54) is 0 Å². The Morgan fingerprint density at radius 3 is 0.400 bits per heavy atom. The Morgan fingerprint density at radius 1 is 0.400 bits per heavy atom. The molecule has 0 fully saturated rings. The molecule has 0 nitrogen and oxygen atoms in total. The molecule has 5 heteroatoms. The summed E-state index contributed by atoms with van der Waals surface area (Å²) in [5.41, 5.74) is 0. The van der Waals surface area contributed by atoms with Gasteiger partial charge in [0.05, 0.1) is 0 Å². The molecule has 5 heavy (non-hydrogen) atoms. The van der Waals surface area contributed by atoms with Gasteiger partial charge in [0.25, 0.3) is 0 Å².